The summed E-state index contributed by atoms with van der Waals surface area (Å²) in [6.07, 6.45) is 1.17. The van der Waals surface area contributed by atoms with Crippen molar-refractivity contribution in [2.75, 3.05) is 0 Å². The van der Waals surface area contributed by atoms with Gasteiger partial charge in [-0.3, -0.25) is 10.2 Å². The number of carbonyl (C=O) groups excluding carboxylic acids is 1. The van der Waals surface area contributed by atoms with Crippen molar-refractivity contribution in [3.05, 3.63) is 39.0 Å². The Labute approximate surface area is 183 Å². The van der Waals surface area contributed by atoms with Gasteiger partial charge in [0.25, 0.3) is 4.36 Å². The van der Waals surface area contributed by atoms with Gasteiger partial charge in [0.2, 0.25) is 0 Å². The molecular weight excluding hydrogens is 499 g/mol. The van der Waals surface area contributed by atoms with Crippen LogP contribution in [0, 0.1) is 62.1 Å². The number of hydrogen-bond acceptors (Lipinski definition) is 7. The maximum Gasteiger partial charge on any atom is 0.298 e. The van der Waals surface area contributed by atoms with E-state index >= 15 is 0 Å². The fraction of sp³-hybridized carbons (Fsp3) is 0.158. The minimum absolute atomic E-state index is 0.0116. The van der Waals surface area contributed by atoms with Gasteiger partial charge >= 0.3 is 0 Å². The molecule has 1 aromatic rings. The molecule has 0 fully saturated rings. The van der Waals surface area contributed by atoms with E-state index in [0.717, 1.165) is 0 Å². The third-order valence-corrected chi connectivity index (χ3v) is 5.20. The summed E-state index contributed by atoms with van der Waals surface area (Å²) in [5, 5.41) is 55.5. The van der Waals surface area contributed by atoms with E-state index in [1.54, 1.807) is 18.2 Å². The summed E-state index contributed by atoms with van der Waals surface area (Å²) >= 11 is 6.62. The molecular formula is C19H7BBr2N6O. The molecule has 0 saturated heterocycles. The molecule has 29 heavy (non-hydrogen) atoms. The van der Waals surface area contributed by atoms with Crippen LogP contribution in [0.3, 0.4) is 0 Å². The van der Waals surface area contributed by atoms with E-state index < -0.39 is 5.78 Å². The summed E-state index contributed by atoms with van der Waals surface area (Å²) < 4.78 is 0.0116. The minimum Gasteiger partial charge on any atom is -0.294 e. The molecule has 0 unspecified atom stereocenters. The first kappa shape index (κ1) is 21.9. The number of carbonyl (C=O) groups is 1. The SMILES string of the molecule is N#CC1=C(C(=O)CCCB(Br)Br)C(=C=N)c2c(C#N)c(C#N)c(C#N)c(C#N)c21. The van der Waals surface area contributed by atoms with Gasteiger partial charge in [-0.25, -0.2) is 0 Å². The average molecular weight is 506 g/mol. The highest BCUT2D eigenvalue weighted by atomic mass is 79.9. The van der Waals surface area contributed by atoms with Crippen LogP contribution >= 0.6 is 31.5 Å². The lowest BCUT2D eigenvalue weighted by molar-refractivity contribution is -0.115. The Morgan fingerprint density at radius 1 is 0.862 bits per heavy atom. The maximum absolute atomic E-state index is 12.9. The predicted molar refractivity (Wildman–Crippen MR) is 112 cm³/mol. The molecule has 0 spiro atoms. The van der Waals surface area contributed by atoms with Gasteiger partial charge in [-0.15, -0.1) is 31.5 Å². The molecule has 1 N–H and O–H groups in total. The summed E-state index contributed by atoms with van der Waals surface area (Å²) in [5.41, 5.74) is -1.75. The quantitative estimate of drug-likeness (QED) is 0.474. The van der Waals surface area contributed by atoms with Crippen molar-refractivity contribution in [1.29, 1.82) is 31.7 Å². The Hall–Kier alpha value is -3.45. The first-order chi connectivity index (χ1) is 13.9. The number of fused-ring (bicyclic) bond motifs is 1. The van der Waals surface area contributed by atoms with E-state index in [1.165, 1.54) is 0 Å². The van der Waals surface area contributed by atoms with Gasteiger partial charge < -0.3 is 0 Å². The molecule has 1 aromatic carbocycles. The van der Waals surface area contributed by atoms with Crippen LogP contribution in [-0.4, -0.2) is 16.0 Å². The molecule has 0 radical (unpaired) electrons. The van der Waals surface area contributed by atoms with E-state index in [-0.39, 0.29) is 60.9 Å². The van der Waals surface area contributed by atoms with Crippen molar-refractivity contribution in [1.82, 2.24) is 0 Å². The molecule has 0 bridgehead atoms. The van der Waals surface area contributed by atoms with Crippen LogP contribution in [0.2, 0.25) is 6.32 Å². The van der Waals surface area contributed by atoms with E-state index in [0.29, 0.717) is 12.7 Å². The van der Waals surface area contributed by atoms with Crippen molar-refractivity contribution < 1.29 is 4.79 Å². The predicted octanol–water partition coefficient (Wildman–Crippen LogP) is 3.72. The van der Waals surface area contributed by atoms with Crippen molar-refractivity contribution in [2.45, 2.75) is 19.2 Å². The summed E-state index contributed by atoms with van der Waals surface area (Å²) in [6, 6.07) is 8.97. The smallest absolute Gasteiger partial charge is 0.294 e. The molecule has 1 aliphatic rings. The Kier molecular flexibility index (Phi) is 6.91. The van der Waals surface area contributed by atoms with Gasteiger partial charge in [-0.05, 0) is 5.87 Å². The number of hydrogen-bond donors (Lipinski definition) is 1. The summed E-state index contributed by atoms with van der Waals surface area (Å²) in [5.74, 6) is 1.65. The van der Waals surface area contributed by atoms with Crippen LogP contribution in [0.25, 0.3) is 11.1 Å². The highest BCUT2D eigenvalue weighted by Gasteiger charge is 2.38. The fourth-order valence-corrected chi connectivity index (χ4v) is 3.78. The monoisotopic (exact) mass is 504 g/mol. The molecule has 2 rings (SSSR count). The third kappa shape index (κ3) is 3.64. The second-order valence-electron chi connectivity index (χ2n) is 5.77. The van der Waals surface area contributed by atoms with E-state index in [4.69, 9.17) is 5.41 Å². The largest absolute Gasteiger partial charge is 0.298 e. The molecule has 0 aromatic heterocycles. The summed E-state index contributed by atoms with van der Waals surface area (Å²) in [4.78, 5) is 12.9. The molecule has 0 atom stereocenters. The second kappa shape index (κ2) is 9.17. The highest BCUT2D eigenvalue weighted by molar-refractivity contribution is 9.49. The van der Waals surface area contributed by atoms with Gasteiger partial charge in [0.05, 0.1) is 39.0 Å². The zero-order valence-corrected chi connectivity index (χ0v) is 17.8. The number of nitrogens with zero attached hydrogens (tertiary/aromatic N) is 5. The Balaban J connectivity index is 2.89. The van der Waals surface area contributed by atoms with Crippen LogP contribution in [0.4, 0.5) is 0 Å². The zero-order chi connectivity index (χ0) is 21.7. The van der Waals surface area contributed by atoms with Gasteiger partial charge in [-0.1, -0.05) is 12.7 Å². The van der Waals surface area contributed by atoms with Crippen LogP contribution < -0.4 is 0 Å². The van der Waals surface area contributed by atoms with Gasteiger partial charge in [0, 0.05) is 17.5 Å². The lowest BCUT2D eigenvalue weighted by Gasteiger charge is -2.10. The number of allylic oxidation sites excluding steroid dienone is 3. The van der Waals surface area contributed by atoms with Gasteiger partial charge in [-0.2, -0.15) is 26.3 Å². The fourth-order valence-electron chi connectivity index (χ4n) is 3.13. The highest BCUT2D eigenvalue weighted by Crippen LogP contribution is 2.46. The minimum atomic E-state index is -0.446. The second-order valence-corrected chi connectivity index (χ2v) is 9.20. The van der Waals surface area contributed by atoms with E-state index in [9.17, 15) is 31.1 Å². The number of nitriles is 5. The zero-order valence-electron chi connectivity index (χ0n) is 14.6. The van der Waals surface area contributed by atoms with Crippen molar-refractivity contribution in [2.24, 2.45) is 0 Å². The van der Waals surface area contributed by atoms with Crippen LogP contribution in [0.1, 0.15) is 46.2 Å². The van der Waals surface area contributed by atoms with Crippen molar-refractivity contribution >= 4 is 58.7 Å². The van der Waals surface area contributed by atoms with Crippen LogP contribution in [-0.2, 0) is 4.79 Å². The van der Waals surface area contributed by atoms with Gasteiger partial charge in [0.15, 0.2) is 5.78 Å². The molecule has 136 valence electrons. The number of rotatable bonds is 5. The molecule has 0 amide bonds. The maximum atomic E-state index is 12.9. The third-order valence-electron chi connectivity index (χ3n) is 4.29. The topological polar surface area (TPSA) is 160 Å². The van der Waals surface area contributed by atoms with Crippen LogP contribution in [0.15, 0.2) is 5.57 Å². The van der Waals surface area contributed by atoms with Crippen LogP contribution in [0.5, 0.6) is 0 Å². The number of ketones is 1. The van der Waals surface area contributed by atoms with Crippen molar-refractivity contribution in [3.8, 4) is 30.3 Å². The van der Waals surface area contributed by atoms with Gasteiger partial charge in [0.1, 0.15) is 30.3 Å². The van der Waals surface area contributed by atoms with E-state index in [2.05, 4.69) is 37.4 Å². The first-order valence-corrected chi connectivity index (χ1v) is 9.85. The number of Topliss-reactive ketones (excluding diaryl/α,β-unsaturated/α-hetero) is 1. The lowest BCUT2D eigenvalue weighted by atomic mass is 9.86. The number of halogens is 2. The molecule has 7 nitrogen and oxygen atoms in total. The van der Waals surface area contributed by atoms with E-state index in [1.807, 2.05) is 12.1 Å². The van der Waals surface area contributed by atoms with Crippen molar-refractivity contribution in [3.63, 3.8) is 0 Å². The molecule has 0 aliphatic heterocycles. The Bertz CT molecular complexity index is 1240. The average Bonchev–Trinajstić information content (AvgIpc) is 3.05. The summed E-state index contributed by atoms with van der Waals surface area (Å²) in [6.45, 7) is 0. The first-order valence-electron chi connectivity index (χ1n) is 8.02. The lowest BCUT2D eigenvalue weighted by Crippen LogP contribution is -2.06. The summed E-state index contributed by atoms with van der Waals surface area (Å²) in [7, 11) is 0. The molecule has 1 aliphatic carbocycles. The standard InChI is InChI=1S/C19H7BBr2N6O/c21-20(22)3-1-2-16(29)17-14(8-27)18-12(6-25)10(4-23)11(5-24)13(7-26)19(18)15(17)9-28/h27H,1-3H2. The molecule has 0 heterocycles. The normalized spacial score (nSPS) is 11.3. The molecule has 10 heteroatoms. The Morgan fingerprint density at radius 2 is 1.38 bits per heavy atom. The number of benzene rings is 1. The molecule has 0 saturated carbocycles. The Morgan fingerprint density at radius 3 is 1.79 bits per heavy atom. The number of nitrogens with one attached hydrogen (secondary N) is 1.